The van der Waals surface area contributed by atoms with E-state index in [9.17, 15) is 14.7 Å². The van der Waals surface area contributed by atoms with Gasteiger partial charge in [-0.1, -0.05) is 25.9 Å². The van der Waals surface area contributed by atoms with Gasteiger partial charge >= 0.3 is 0 Å². The molecule has 1 aliphatic carbocycles. The molecule has 39 heavy (non-hydrogen) atoms. The quantitative estimate of drug-likeness (QED) is 0.391. The maximum atomic E-state index is 13.7. The number of amides is 1. The lowest BCUT2D eigenvalue weighted by atomic mass is 9.90. The smallest absolute Gasteiger partial charge is 0.276 e. The highest BCUT2D eigenvalue weighted by Crippen LogP contribution is 2.40. The van der Waals surface area contributed by atoms with Crippen molar-refractivity contribution in [3.63, 3.8) is 0 Å². The topological polar surface area (TPSA) is 118 Å². The van der Waals surface area contributed by atoms with Crippen LogP contribution in [0.4, 0.5) is 17.3 Å². The van der Waals surface area contributed by atoms with Crippen LogP contribution in [0, 0.1) is 5.41 Å². The van der Waals surface area contributed by atoms with Crippen LogP contribution in [0.25, 0.3) is 11.1 Å². The molecular formula is C29H32N6O4. The fraction of sp³-hybridized carbons (Fsp3) is 0.379. The van der Waals surface area contributed by atoms with E-state index in [1.165, 1.54) is 15.8 Å². The summed E-state index contributed by atoms with van der Waals surface area (Å²) in [4.78, 5) is 32.8. The SMILES string of the molecule is CCc1cc(Nc2cc(-c3ccnc(N4CCn5c(cc6c5CC(C)(C)C6)C4=O)c3CO)cn(C)c2=O)no1. The Labute approximate surface area is 225 Å². The van der Waals surface area contributed by atoms with Crippen molar-refractivity contribution < 1.29 is 14.4 Å². The number of aromatic nitrogens is 4. The van der Waals surface area contributed by atoms with Gasteiger partial charge in [-0.15, -0.1) is 0 Å². The van der Waals surface area contributed by atoms with Gasteiger partial charge in [0.25, 0.3) is 11.5 Å². The molecule has 0 radical (unpaired) electrons. The summed E-state index contributed by atoms with van der Waals surface area (Å²) in [5, 5.41) is 17.5. The second-order valence-electron chi connectivity index (χ2n) is 11.2. The summed E-state index contributed by atoms with van der Waals surface area (Å²) in [5.41, 5.74) is 5.38. The summed E-state index contributed by atoms with van der Waals surface area (Å²) in [6, 6.07) is 7.29. The monoisotopic (exact) mass is 528 g/mol. The van der Waals surface area contributed by atoms with Gasteiger partial charge in [-0.3, -0.25) is 14.5 Å². The normalized spacial score (nSPS) is 15.9. The van der Waals surface area contributed by atoms with Crippen molar-refractivity contribution in [3.8, 4) is 11.1 Å². The third kappa shape index (κ3) is 4.24. The third-order valence-corrected chi connectivity index (χ3v) is 7.74. The van der Waals surface area contributed by atoms with E-state index in [-0.39, 0.29) is 23.5 Å². The summed E-state index contributed by atoms with van der Waals surface area (Å²) >= 11 is 0. The molecule has 202 valence electrons. The van der Waals surface area contributed by atoms with Crippen LogP contribution in [0.3, 0.4) is 0 Å². The zero-order valence-electron chi connectivity index (χ0n) is 22.6. The fourth-order valence-corrected chi connectivity index (χ4v) is 5.88. The van der Waals surface area contributed by atoms with Crippen molar-refractivity contribution in [1.82, 2.24) is 19.3 Å². The van der Waals surface area contributed by atoms with Gasteiger partial charge < -0.3 is 24.1 Å². The molecule has 0 saturated carbocycles. The van der Waals surface area contributed by atoms with Crippen molar-refractivity contribution in [2.24, 2.45) is 12.5 Å². The average molecular weight is 529 g/mol. The molecule has 10 heteroatoms. The molecule has 0 fully saturated rings. The van der Waals surface area contributed by atoms with Crippen molar-refractivity contribution in [2.45, 2.75) is 53.2 Å². The fourth-order valence-electron chi connectivity index (χ4n) is 5.88. The number of nitrogens with zero attached hydrogens (tertiary/aromatic N) is 5. The van der Waals surface area contributed by atoms with Gasteiger partial charge in [-0.25, -0.2) is 4.98 Å². The van der Waals surface area contributed by atoms with Gasteiger partial charge in [0.1, 0.15) is 23.0 Å². The molecule has 2 N–H and O–H groups in total. The number of hydrogen-bond donors (Lipinski definition) is 2. The number of fused-ring (bicyclic) bond motifs is 3. The van der Waals surface area contributed by atoms with E-state index in [0.717, 1.165) is 12.8 Å². The summed E-state index contributed by atoms with van der Waals surface area (Å²) in [7, 11) is 1.67. The molecule has 0 bridgehead atoms. The lowest BCUT2D eigenvalue weighted by molar-refractivity contribution is 0.0962. The van der Waals surface area contributed by atoms with Gasteiger partial charge in [0, 0.05) is 61.8 Å². The van der Waals surface area contributed by atoms with Crippen LogP contribution in [0.5, 0.6) is 0 Å². The molecule has 4 aromatic rings. The number of carbonyl (C=O) groups is 1. The number of anilines is 3. The van der Waals surface area contributed by atoms with E-state index in [4.69, 9.17) is 4.52 Å². The van der Waals surface area contributed by atoms with Crippen LogP contribution in [0.2, 0.25) is 0 Å². The Hall–Kier alpha value is -4.18. The van der Waals surface area contributed by atoms with Crippen LogP contribution < -0.4 is 15.8 Å². The molecule has 1 aliphatic heterocycles. The Morgan fingerprint density at radius 3 is 2.72 bits per heavy atom. The molecule has 2 aliphatic rings. The maximum Gasteiger partial charge on any atom is 0.276 e. The van der Waals surface area contributed by atoms with Gasteiger partial charge in [-0.05, 0) is 47.6 Å². The highest BCUT2D eigenvalue weighted by molar-refractivity contribution is 6.06. The Balaban J connectivity index is 1.37. The van der Waals surface area contributed by atoms with Crippen molar-refractivity contribution in [1.29, 1.82) is 0 Å². The summed E-state index contributed by atoms with van der Waals surface area (Å²) in [5.74, 6) is 1.46. The zero-order chi connectivity index (χ0) is 27.5. The minimum absolute atomic E-state index is 0.117. The summed E-state index contributed by atoms with van der Waals surface area (Å²) in [6.07, 6.45) is 5.95. The van der Waals surface area contributed by atoms with Crippen LogP contribution in [0.15, 0.2) is 46.0 Å². The first-order chi connectivity index (χ1) is 18.7. The molecule has 4 aromatic heterocycles. The van der Waals surface area contributed by atoms with Crippen molar-refractivity contribution >= 4 is 23.2 Å². The van der Waals surface area contributed by atoms with Crippen LogP contribution in [-0.4, -0.2) is 36.8 Å². The third-order valence-electron chi connectivity index (χ3n) is 7.74. The molecule has 0 atom stereocenters. The minimum Gasteiger partial charge on any atom is -0.392 e. The summed E-state index contributed by atoms with van der Waals surface area (Å²) in [6.45, 7) is 7.29. The zero-order valence-corrected chi connectivity index (χ0v) is 22.6. The van der Waals surface area contributed by atoms with Crippen molar-refractivity contribution in [2.75, 3.05) is 16.8 Å². The number of nitrogens with one attached hydrogen (secondary N) is 1. The Kier molecular flexibility index (Phi) is 5.95. The van der Waals surface area contributed by atoms with Gasteiger partial charge in [0.15, 0.2) is 5.82 Å². The molecule has 0 spiro atoms. The number of aryl methyl sites for hydroxylation is 2. The Morgan fingerprint density at radius 1 is 1.15 bits per heavy atom. The standard InChI is InChI=1S/C29H32N6O4/c1-5-19-12-25(32-39-19)31-22-10-18(15-33(4)27(22)37)20-6-7-30-26(21(20)16-36)35-9-8-34-23(28(35)38)11-17-13-29(2,3)14-24(17)34/h6-7,10-12,15,36H,5,8-9,13-14,16H2,1-4H3,(H,31,32). The van der Waals surface area contributed by atoms with Gasteiger partial charge in [0.05, 0.1) is 6.61 Å². The first kappa shape index (κ1) is 25.1. The second kappa shape index (κ2) is 9.23. The first-order valence-corrected chi connectivity index (χ1v) is 13.2. The van der Waals surface area contributed by atoms with E-state index < -0.39 is 0 Å². The predicted octanol–water partition coefficient (Wildman–Crippen LogP) is 3.82. The molecular weight excluding hydrogens is 496 g/mol. The highest BCUT2D eigenvalue weighted by Gasteiger charge is 2.37. The summed E-state index contributed by atoms with van der Waals surface area (Å²) < 4.78 is 8.88. The van der Waals surface area contributed by atoms with Gasteiger partial charge in [-0.2, -0.15) is 0 Å². The Bertz CT molecular complexity index is 1660. The van der Waals surface area contributed by atoms with E-state index in [2.05, 4.69) is 33.9 Å². The molecule has 10 nitrogen and oxygen atoms in total. The number of aliphatic hydroxyl groups excluding tert-OH is 1. The first-order valence-electron chi connectivity index (χ1n) is 13.2. The second-order valence-corrected chi connectivity index (χ2v) is 11.2. The van der Waals surface area contributed by atoms with Crippen LogP contribution in [-0.2, 0) is 39.5 Å². The van der Waals surface area contributed by atoms with Crippen LogP contribution in [0.1, 0.15) is 53.8 Å². The molecule has 6 rings (SSSR count). The number of pyridine rings is 2. The largest absolute Gasteiger partial charge is 0.392 e. The van der Waals surface area contributed by atoms with Crippen molar-refractivity contribution in [3.05, 3.63) is 75.3 Å². The lowest BCUT2D eigenvalue weighted by Gasteiger charge is -2.31. The van der Waals surface area contributed by atoms with E-state index >= 15 is 0 Å². The van der Waals surface area contributed by atoms with Crippen LogP contribution >= 0.6 is 0 Å². The molecule has 0 saturated heterocycles. The minimum atomic E-state index is -0.317. The highest BCUT2D eigenvalue weighted by atomic mass is 16.5. The average Bonchev–Trinajstić information content (AvgIpc) is 3.59. The molecule has 5 heterocycles. The molecule has 1 amide bonds. The van der Waals surface area contributed by atoms with Gasteiger partial charge in [0.2, 0.25) is 0 Å². The number of aliphatic hydroxyl groups is 1. The number of rotatable bonds is 6. The molecule has 0 aromatic carbocycles. The Morgan fingerprint density at radius 2 is 1.97 bits per heavy atom. The number of carbonyl (C=O) groups excluding carboxylic acids is 1. The maximum absolute atomic E-state index is 13.7. The number of hydrogen-bond acceptors (Lipinski definition) is 7. The predicted molar refractivity (Wildman–Crippen MR) is 147 cm³/mol. The van der Waals surface area contributed by atoms with E-state index in [1.54, 1.807) is 42.5 Å². The van der Waals surface area contributed by atoms with E-state index in [1.807, 2.05) is 13.0 Å². The lowest BCUT2D eigenvalue weighted by Crippen LogP contribution is -2.41. The van der Waals surface area contributed by atoms with E-state index in [0.29, 0.717) is 65.0 Å². The molecule has 0 unspecified atom stereocenters.